The molecule has 8 heteroatoms. The zero-order chi connectivity index (χ0) is 12.7. The van der Waals surface area contributed by atoms with E-state index in [1.54, 1.807) is 0 Å². The molecule has 0 aromatic heterocycles. The van der Waals surface area contributed by atoms with E-state index in [-0.39, 0.29) is 0 Å². The first-order chi connectivity index (χ1) is 7.42. The molecule has 0 bridgehead atoms. The van der Waals surface area contributed by atoms with Crippen molar-refractivity contribution in [2.45, 2.75) is 25.2 Å². The van der Waals surface area contributed by atoms with Crippen molar-refractivity contribution in [1.29, 1.82) is 0 Å². The largest absolute Gasteiger partial charge is 0.394 e. The molecule has 0 aromatic rings. The summed E-state index contributed by atoms with van der Waals surface area (Å²) in [6.07, 6.45) is -0.783. The highest BCUT2D eigenvalue weighted by atomic mass is 16.3. The van der Waals surface area contributed by atoms with E-state index in [9.17, 15) is 14.4 Å². The second-order valence-electron chi connectivity index (χ2n) is 3.20. The number of nitrogens with one attached hydrogen (secondary N) is 2. The van der Waals surface area contributed by atoms with Gasteiger partial charge >= 0.3 is 0 Å². The number of hydrogen-bond acceptors (Lipinski definition) is 6. The van der Waals surface area contributed by atoms with Gasteiger partial charge in [0, 0.05) is 0 Å². The molecule has 0 heterocycles. The Hall–Kier alpha value is -1.51. The SMILES string of the molecule is CC(NC(=O)C(N)N[C@H](C=O)CO)C(N)=O. The molecule has 0 spiro atoms. The number of hydrogen-bond donors (Lipinski definition) is 5. The second kappa shape index (κ2) is 6.88. The van der Waals surface area contributed by atoms with Gasteiger partial charge in [-0.25, -0.2) is 0 Å². The molecule has 0 radical (unpaired) electrons. The fourth-order valence-corrected chi connectivity index (χ4v) is 0.816. The fourth-order valence-electron chi connectivity index (χ4n) is 0.816. The van der Waals surface area contributed by atoms with Gasteiger partial charge in [0.1, 0.15) is 18.5 Å². The number of aliphatic hydroxyl groups excluding tert-OH is 1. The lowest BCUT2D eigenvalue weighted by Crippen LogP contribution is -2.57. The quantitative estimate of drug-likeness (QED) is 0.226. The molecule has 0 aliphatic heterocycles. The van der Waals surface area contributed by atoms with Crippen LogP contribution in [0.2, 0.25) is 0 Å². The number of amides is 2. The summed E-state index contributed by atoms with van der Waals surface area (Å²) in [4.78, 5) is 32.3. The number of primary amides is 1. The first kappa shape index (κ1) is 14.5. The topological polar surface area (TPSA) is 148 Å². The number of carbonyl (C=O) groups is 3. The molecule has 0 saturated carbocycles. The Morgan fingerprint density at radius 2 is 2.06 bits per heavy atom. The lowest BCUT2D eigenvalue weighted by Gasteiger charge is -2.18. The lowest BCUT2D eigenvalue weighted by atomic mass is 10.3. The molecular formula is C8H16N4O4. The lowest BCUT2D eigenvalue weighted by molar-refractivity contribution is -0.128. The van der Waals surface area contributed by atoms with E-state index in [1.165, 1.54) is 6.92 Å². The molecule has 8 nitrogen and oxygen atoms in total. The molecule has 0 aromatic carbocycles. The van der Waals surface area contributed by atoms with Crippen LogP contribution in [0.1, 0.15) is 6.92 Å². The van der Waals surface area contributed by atoms with E-state index < -0.39 is 36.7 Å². The van der Waals surface area contributed by atoms with Gasteiger partial charge in [-0.1, -0.05) is 0 Å². The minimum absolute atomic E-state index is 0.421. The molecular weight excluding hydrogens is 216 g/mol. The summed E-state index contributed by atoms with van der Waals surface area (Å²) in [5.41, 5.74) is 10.3. The van der Waals surface area contributed by atoms with Gasteiger partial charge in [0.2, 0.25) is 5.91 Å². The summed E-state index contributed by atoms with van der Waals surface area (Å²) in [6.45, 7) is 0.923. The van der Waals surface area contributed by atoms with Gasteiger partial charge in [-0.2, -0.15) is 0 Å². The standard InChI is InChI=1S/C8H16N4O4/c1-4(7(10)15)11-8(16)6(9)12-5(2-13)3-14/h2,4-6,12,14H,3,9H2,1H3,(H2,10,15)(H,11,16)/t4?,5-,6?/m1/s1. The van der Waals surface area contributed by atoms with Gasteiger partial charge in [-0.05, 0) is 6.92 Å². The van der Waals surface area contributed by atoms with Crippen molar-refractivity contribution in [3.8, 4) is 0 Å². The summed E-state index contributed by atoms with van der Waals surface area (Å²) in [5.74, 6) is -1.39. The minimum Gasteiger partial charge on any atom is -0.394 e. The van der Waals surface area contributed by atoms with Crippen LogP contribution in [0.15, 0.2) is 0 Å². The molecule has 2 amide bonds. The number of nitrogens with two attached hydrogens (primary N) is 2. The Kier molecular flexibility index (Phi) is 6.23. The van der Waals surface area contributed by atoms with Crippen molar-refractivity contribution in [1.82, 2.24) is 10.6 Å². The van der Waals surface area contributed by atoms with Crippen LogP contribution in [-0.2, 0) is 14.4 Å². The van der Waals surface area contributed by atoms with Crippen LogP contribution in [0.25, 0.3) is 0 Å². The summed E-state index contributed by atoms with van der Waals surface area (Å²) >= 11 is 0. The summed E-state index contributed by atoms with van der Waals surface area (Å²) < 4.78 is 0. The molecule has 0 aliphatic rings. The van der Waals surface area contributed by atoms with E-state index in [4.69, 9.17) is 16.6 Å². The van der Waals surface area contributed by atoms with Crippen molar-refractivity contribution in [2.24, 2.45) is 11.5 Å². The van der Waals surface area contributed by atoms with E-state index in [1.807, 2.05) is 0 Å². The zero-order valence-corrected chi connectivity index (χ0v) is 8.84. The Labute approximate surface area is 92.4 Å². The van der Waals surface area contributed by atoms with Crippen molar-refractivity contribution < 1.29 is 19.5 Å². The Morgan fingerprint density at radius 3 is 2.44 bits per heavy atom. The van der Waals surface area contributed by atoms with Crippen LogP contribution in [0.3, 0.4) is 0 Å². The Balaban J connectivity index is 4.18. The molecule has 92 valence electrons. The van der Waals surface area contributed by atoms with Crippen LogP contribution in [0.4, 0.5) is 0 Å². The second-order valence-corrected chi connectivity index (χ2v) is 3.20. The van der Waals surface area contributed by atoms with Crippen LogP contribution in [0, 0.1) is 0 Å². The molecule has 7 N–H and O–H groups in total. The molecule has 3 atom stereocenters. The number of carbonyl (C=O) groups excluding carboxylic acids is 3. The van der Waals surface area contributed by atoms with Crippen LogP contribution in [-0.4, -0.2) is 48.1 Å². The Morgan fingerprint density at radius 1 is 1.50 bits per heavy atom. The summed E-state index contributed by atoms with van der Waals surface area (Å²) in [5, 5.41) is 13.3. The number of rotatable bonds is 7. The van der Waals surface area contributed by atoms with Gasteiger partial charge in [0.25, 0.3) is 5.91 Å². The van der Waals surface area contributed by atoms with Gasteiger partial charge in [0.05, 0.1) is 12.6 Å². The maximum absolute atomic E-state index is 11.3. The average Bonchev–Trinajstić information content (AvgIpc) is 2.24. The van der Waals surface area contributed by atoms with Gasteiger partial charge in [-0.15, -0.1) is 0 Å². The van der Waals surface area contributed by atoms with E-state index >= 15 is 0 Å². The van der Waals surface area contributed by atoms with Gasteiger partial charge < -0.3 is 26.7 Å². The van der Waals surface area contributed by atoms with Crippen LogP contribution in [0.5, 0.6) is 0 Å². The van der Waals surface area contributed by atoms with Crippen LogP contribution >= 0.6 is 0 Å². The van der Waals surface area contributed by atoms with Crippen molar-refractivity contribution in [3.63, 3.8) is 0 Å². The molecule has 16 heavy (non-hydrogen) atoms. The van der Waals surface area contributed by atoms with E-state index in [2.05, 4.69) is 10.6 Å². The van der Waals surface area contributed by atoms with Crippen LogP contribution < -0.4 is 22.1 Å². The highest BCUT2D eigenvalue weighted by molar-refractivity contribution is 5.88. The zero-order valence-electron chi connectivity index (χ0n) is 8.84. The van der Waals surface area contributed by atoms with E-state index in [0.29, 0.717) is 6.29 Å². The first-order valence-corrected chi connectivity index (χ1v) is 4.59. The predicted molar refractivity (Wildman–Crippen MR) is 54.8 cm³/mol. The molecule has 0 rings (SSSR count). The fraction of sp³-hybridized carbons (Fsp3) is 0.625. The average molecular weight is 232 g/mol. The van der Waals surface area contributed by atoms with Gasteiger partial charge in [0.15, 0.2) is 0 Å². The smallest absolute Gasteiger partial charge is 0.252 e. The van der Waals surface area contributed by atoms with Crippen molar-refractivity contribution >= 4 is 18.1 Å². The number of aldehydes is 1. The van der Waals surface area contributed by atoms with Crippen molar-refractivity contribution in [2.75, 3.05) is 6.61 Å². The molecule has 0 saturated heterocycles. The van der Waals surface area contributed by atoms with Crippen molar-refractivity contribution in [3.05, 3.63) is 0 Å². The minimum atomic E-state index is -1.20. The highest BCUT2D eigenvalue weighted by Gasteiger charge is 2.20. The summed E-state index contributed by atoms with van der Waals surface area (Å²) in [6, 6.07) is -1.78. The summed E-state index contributed by atoms with van der Waals surface area (Å²) in [7, 11) is 0. The first-order valence-electron chi connectivity index (χ1n) is 4.59. The molecule has 0 aliphatic carbocycles. The number of aliphatic hydroxyl groups is 1. The maximum Gasteiger partial charge on any atom is 0.252 e. The monoisotopic (exact) mass is 232 g/mol. The maximum atomic E-state index is 11.3. The molecule has 2 unspecified atom stereocenters. The van der Waals surface area contributed by atoms with Gasteiger partial charge in [-0.3, -0.25) is 14.9 Å². The third kappa shape index (κ3) is 4.82. The van der Waals surface area contributed by atoms with E-state index in [0.717, 1.165) is 0 Å². The third-order valence-electron chi connectivity index (χ3n) is 1.82. The Bertz CT molecular complexity index is 271. The molecule has 0 fully saturated rings. The predicted octanol–water partition coefficient (Wildman–Crippen LogP) is -3.59. The normalized spacial score (nSPS) is 15.9. The highest BCUT2D eigenvalue weighted by Crippen LogP contribution is 1.84. The third-order valence-corrected chi connectivity index (χ3v) is 1.82.